The molecule has 1 atom stereocenters. The fraction of sp³-hybridized carbons (Fsp3) is 0.667. The first kappa shape index (κ1) is 9.40. The van der Waals surface area contributed by atoms with E-state index in [0.717, 1.165) is 11.5 Å². The predicted molar refractivity (Wildman–Crippen MR) is 48.8 cm³/mol. The van der Waals surface area contributed by atoms with Crippen LogP contribution in [0.15, 0.2) is 12.7 Å². The van der Waals surface area contributed by atoms with E-state index in [1.54, 1.807) is 21.6 Å². The summed E-state index contributed by atoms with van der Waals surface area (Å²) in [6, 6.07) is 0.312. The van der Waals surface area contributed by atoms with E-state index < -0.39 is 0 Å². The first-order valence-corrected chi connectivity index (χ1v) is 5.37. The molecule has 0 fully saturated rings. The zero-order valence-electron chi connectivity index (χ0n) is 5.67. The molecule has 0 spiro atoms. The molecule has 0 aliphatic carbocycles. The highest BCUT2D eigenvalue weighted by Crippen LogP contribution is 2.20. The topological polar surface area (TPSA) is 26.0 Å². The van der Waals surface area contributed by atoms with Gasteiger partial charge in [0.1, 0.15) is 0 Å². The lowest BCUT2D eigenvalue weighted by Crippen LogP contribution is -2.16. The van der Waals surface area contributed by atoms with Crippen molar-refractivity contribution < 1.29 is 0 Å². The Hall–Kier alpha value is 0.400. The minimum atomic E-state index is 0.312. The second-order valence-electron chi connectivity index (χ2n) is 1.83. The lowest BCUT2D eigenvalue weighted by molar-refractivity contribution is 0.850. The van der Waals surface area contributed by atoms with Crippen molar-refractivity contribution in [2.75, 3.05) is 11.5 Å². The second kappa shape index (κ2) is 6.52. The average molecular weight is 163 g/mol. The van der Waals surface area contributed by atoms with Gasteiger partial charge < -0.3 is 5.73 Å². The summed E-state index contributed by atoms with van der Waals surface area (Å²) in [5, 5.41) is 0. The Balaban J connectivity index is 2.82. The van der Waals surface area contributed by atoms with Gasteiger partial charge in [0.2, 0.25) is 0 Å². The molecule has 0 aromatic heterocycles. The third-order valence-corrected chi connectivity index (χ3v) is 3.12. The Kier molecular flexibility index (Phi) is 6.81. The summed E-state index contributed by atoms with van der Waals surface area (Å²) in [6.07, 6.45) is 1.90. The Morgan fingerprint density at radius 2 is 2.33 bits per heavy atom. The van der Waals surface area contributed by atoms with Crippen molar-refractivity contribution in [2.45, 2.75) is 13.0 Å². The Bertz CT molecular complexity index is 73.5. The molecule has 1 nitrogen and oxygen atoms in total. The van der Waals surface area contributed by atoms with Crippen LogP contribution in [-0.4, -0.2) is 17.5 Å². The van der Waals surface area contributed by atoms with E-state index in [1.165, 1.54) is 0 Å². The molecule has 2 N–H and O–H groups in total. The van der Waals surface area contributed by atoms with Crippen molar-refractivity contribution in [3.8, 4) is 0 Å². The van der Waals surface area contributed by atoms with E-state index in [2.05, 4.69) is 6.58 Å². The highest BCUT2D eigenvalue weighted by atomic mass is 33.1. The van der Waals surface area contributed by atoms with E-state index >= 15 is 0 Å². The third-order valence-electron chi connectivity index (χ3n) is 0.600. The first-order valence-electron chi connectivity index (χ1n) is 2.88. The monoisotopic (exact) mass is 163 g/mol. The number of hydrogen-bond donors (Lipinski definition) is 1. The second-order valence-corrected chi connectivity index (χ2v) is 4.39. The summed E-state index contributed by atoms with van der Waals surface area (Å²) >= 11 is 0. The summed E-state index contributed by atoms with van der Waals surface area (Å²) < 4.78 is 0. The molecule has 3 heteroatoms. The molecule has 0 saturated carbocycles. The minimum Gasteiger partial charge on any atom is -0.327 e. The third kappa shape index (κ3) is 8.40. The molecule has 0 aromatic carbocycles. The van der Waals surface area contributed by atoms with Gasteiger partial charge in [-0.3, -0.25) is 0 Å². The molecule has 0 rings (SSSR count). The zero-order chi connectivity index (χ0) is 7.11. The fourth-order valence-electron chi connectivity index (χ4n) is 0.252. The molecule has 54 valence electrons. The SMILES string of the molecule is C=CCSSC[C@H](C)N. The maximum atomic E-state index is 5.51. The van der Waals surface area contributed by atoms with E-state index in [-0.39, 0.29) is 0 Å². The number of hydrogen-bond acceptors (Lipinski definition) is 3. The van der Waals surface area contributed by atoms with Crippen molar-refractivity contribution in [3.63, 3.8) is 0 Å². The van der Waals surface area contributed by atoms with Crippen molar-refractivity contribution >= 4 is 21.6 Å². The van der Waals surface area contributed by atoms with Crippen molar-refractivity contribution in [1.82, 2.24) is 0 Å². The first-order chi connectivity index (χ1) is 4.27. The number of rotatable bonds is 5. The zero-order valence-corrected chi connectivity index (χ0v) is 7.30. The van der Waals surface area contributed by atoms with Gasteiger partial charge in [-0.2, -0.15) is 0 Å². The number of nitrogens with two attached hydrogens (primary N) is 1. The van der Waals surface area contributed by atoms with Crippen LogP contribution >= 0.6 is 21.6 Å². The highest BCUT2D eigenvalue weighted by Gasteiger charge is 1.92. The predicted octanol–water partition coefficient (Wildman–Crippen LogP) is 1.90. The summed E-state index contributed by atoms with van der Waals surface area (Å²) in [6.45, 7) is 5.63. The van der Waals surface area contributed by atoms with Gasteiger partial charge in [-0.1, -0.05) is 27.7 Å². The summed E-state index contributed by atoms with van der Waals surface area (Å²) in [5.41, 5.74) is 5.51. The lowest BCUT2D eigenvalue weighted by Gasteiger charge is -2.00. The average Bonchev–Trinajstić information content (AvgIpc) is 1.80. The minimum absolute atomic E-state index is 0.312. The van der Waals surface area contributed by atoms with Crippen LogP contribution < -0.4 is 5.73 Å². The van der Waals surface area contributed by atoms with Crippen LogP contribution in [0.2, 0.25) is 0 Å². The van der Waals surface area contributed by atoms with Gasteiger partial charge in [0.25, 0.3) is 0 Å². The van der Waals surface area contributed by atoms with Gasteiger partial charge in [0, 0.05) is 17.5 Å². The van der Waals surface area contributed by atoms with Crippen molar-refractivity contribution in [2.24, 2.45) is 5.73 Å². The molecule has 0 aliphatic heterocycles. The standard InChI is InChI=1S/C6H13NS2/c1-3-4-8-9-5-6(2)7/h3,6H,1,4-5,7H2,2H3/t6-/m0/s1. The maximum Gasteiger partial charge on any atom is 0.0215 e. The summed E-state index contributed by atoms with van der Waals surface area (Å²) in [5.74, 6) is 2.04. The van der Waals surface area contributed by atoms with Gasteiger partial charge in [0.05, 0.1) is 0 Å². The lowest BCUT2D eigenvalue weighted by atomic mass is 10.4. The van der Waals surface area contributed by atoms with Gasteiger partial charge >= 0.3 is 0 Å². The van der Waals surface area contributed by atoms with Crippen LogP contribution in [0.5, 0.6) is 0 Å². The molecule has 0 unspecified atom stereocenters. The van der Waals surface area contributed by atoms with Crippen LogP contribution in [0.3, 0.4) is 0 Å². The summed E-state index contributed by atoms with van der Waals surface area (Å²) in [7, 11) is 3.61. The summed E-state index contributed by atoms with van der Waals surface area (Å²) in [4.78, 5) is 0. The molecular formula is C6H13NS2. The quantitative estimate of drug-likeness (QED) is 0.381. The molecule has 0 amide bonds. The van der Waals surface area contributed by atoms with E-state index in [0.29, 0.717) is 6.04 Å². The normalized spacial score (nSPS) is 13.1. The largest absolute Gasteiger partial charge is 0.327 e. The molecule has 0 aromatic rings. The van der Waals surface area contributed by atoms with Gasteiger partial charge in [-0.25, -0.2) is 0 Å². The highest BCUT2D eigenvalue weighted by molar-refractivity contribution is 8.76. The maximum absolute atomic E-state index is 5.51. The molecule has 0 saturated heterocycles. The molecule has 9 heavy (non-hydrogen) atoms. The van der Waals surface area contributed by atoms with Crippen LogP contribution in [0.4, 0.5) is 0 Å². The Labute approximate surface area is 64.9 Å². The molecule has 0 radical (unpaired) electrons. The Morgan fingerprint density at radius 1 is 1.67 bits per heavy atom. The molecule has 0 bridgehead atoms. The van der Waals surface area contributed by atoms with Crippen molar-refractivity contribution in [3.05, 3.63) is 12.7 Å². The van der Waals surface area contributed by atoms with Gasteiger partial charge in [0.15, 0.2) is 0 Å². The van der Waals surface area contributed by atoms with Gasteiger partial charge in [-0.05, 0) is 6.92 Å². The van der Waals surface area contributed by atoms with E-state index in [1.807, 2.05) is 13.0 Å². The molecule has 0 aliphatic rings. The smallest absolute Gasteiger partial charge is 0.0215 e. The van der Waals surface area contributed by atoms with E-state index in [9.17, 15) is 0 Å². The van der Waals surface area contributed by atoms with Gasteiger partial charge in [-0.15, -0.1) is 6.58 Å². The van der Waals surface area contributed by atoms with Crippen LogP contribution in [-0.2, 0) is 0 Å². The van der Waals surface area contributed by atoms with Crippen LogP contribution in [0.25, 0.3) is 0 Å². The Morgan fingerprint density at radius 3 is 2.78 bits per heavy atom. The van der Waals surface area contributed by atoms with E-state index in [4.69, 9.17) is 5.73 Å². The fourth-order valence-corrected chi connectivity index (χ4v) is 2.26. The molecular weight excluding hydrogens is 150 g/mol. The van der Waals surface area contributed by atoms with Crippen LogP contribution in [0.1, 0.15) is 6.92 Å². The van der Waals surface area contributed by atoms with Crippen LogP contribution in [0, 0.1) is 0 Å². The van der Waals surface area contributed by atoms with Crippen molar-refractivity contribution in [1.29, 1.82) is 0 Å². The molecule has 0 heterocycles.